The maximum atomic E-state index is 13.7. The minimum Gasteiger partial charge on any atom is -0.293 e. The topological polar surface area (TPSA) is 140 Å². The lowest BCUT2D eigenvalue weighted by Gasteiger charge is -2.16. The number of aliphatic imine (C=N–C) groups is 3. The molecule has 9 heteroatoms. The van der Waals surface area contributed by atoms with Gasteiger partial charge in [-0.25, -0.2) is 14.4 Å². The summed E-state index contributed by atoms with van der Waals surface area (Å²) in [6, 6.07) is 12.9. The Hall–Kier alpha value is -5.19. The first kappa shape index (κ1) is 26.4. The van der Waals surface area contributed by atoms with Crippen molar-refractivity contribution in [2.75, 3.05) is 0 Å². The molecular weight excluding hydrogens is 474 g/mol. The molecule has 0 aliphatic heterocycles. The largest absolute Gasteiger partial charge is 0.293 e. The van der Waals surface area contributed by atoms with Crippen LogP contribution in [0.15, 0.2) is 69.6 Å². The highest BCUT2D eigenvalue weighted by atomic mass is 16.2. The summed E-state index contributed by atoms with van der Waals surface area (Å²) < 4.78 is 0. The number of nitrogens with zero attached hydrogens (tertiary/aromatic N) is 3. The van der Waals surface area contributed by atoms with E-state index in [0.717, 1.165) is 0 Å². The third-order valence-corrected chi connectivity index (χ3v) is 5.35. The summed E-state index contributed by atoms with van der Waals surface area (Å²) in [7, 11) is 0. The number of hydrogen-bond donors (Lipinski definition) is 0. The summed E-state index contributed by atoms with van der Waals surface area (Å²) in [6.45, 7) is 4.98. The molecule has 0 spiro atoms. The van der Waals surface area contributed by atoms with Crippen LogP contribution in [-0.2, 0) is 14.4 Å². The van der Waals surface area contributed by atoms with E-state index in [-0.39, 0.29) is 33.8 Å². The van der Waals surface area contributed by atoms with Gasteiger partial charge in [-0.1, -0.05) is 0 Å². The fourth-order valence-electron chi connectivity index (χ4n) is 3.92. The number of carbonyl (C=O) groups excluding carboxylic acids is 6. The summed E-state index contributed by atoms with van der Waals surface area (Å²) in [5.74, 6) is -4.32. The highest BCUT2D eigenvalue weighted by molar-refractivity contribution is 6.31. The Bertz CT molecular complexity index is 1400. The van der Waals surface area contributed by atoms with Gasteiger partial charge in [0.25, 0.3) is 0 Å². The predicted molar refractivity (Wildman–Crippen MR) is 133 cm³/mol. The van der Waals surface area contributed by atoms with Gasteiger partial charge in [-0.3, -0.25) is 14.4 Å². The molecule has 9 nitrogen and oxygen atoms in total. The Labute approximate surface area is 211 Å². The lowest BCUT2D eigenvalue weighted by atomic mass is 9.83. The van der Waals surface area contributed by atoms with Crippen molar-refractivity contribution in [2.45, 2.75) is 20.8 Å². The summed E-state index contributed by atoms with van der Waals surface area (Å²) in [5.41, 5.74) is 2.05. The average molecular weight is 493 g/mol. The molecule has 182 valence electrons. The fourth-order valence-corrected chi connectivity index (χ4v) is 3.92. The van der Waals surface area contributed by atoms with Crippen LogP contribution >= 0.6 is 0 Å². The normalized spacial score (nSPS) is 10.8. The van der Waals surface area contributed by atoms with E-state index in [1.165, 1.54) is 72.8 Å². The Morgan fingerprint density at radius 2 is 0.784 bits per heavy atom. The molecule has 3 aromatic carbocycles. The lowest BCUT2D eigenvalue weighted by molar-refractivity contribution is 0.0733. The van der Waals surface area contributed by atoms with Crippen molar-refractivity contribution in [1.82, 2.24) is 0 Å². The zero-order chi connectivity index (χ0) is 27.1. The second kappa shape index (κ2) is 11.5. The monoisotopic (exact) mass is 493 g/mol. The third kappa shape index (κ3) is 6.28. The van der Waals surface area contributed by atoms with Crippen molar-refractivity contribution in [3.8, 4) is 0 Å². The number of Topliss-reactive ketones (excluding diaryl/α,β-unsaturated/α-hetero) is 3. The predicted octanol–water partition coefficient (Wildman–Crippen LogP) is 5.08. The molecule has 0 unspecified atom stereocenters. The smallest absolute Gasteiger partial charge is 0.240 e. The maximum absolute atomic E-state index is 13.7. The van der Waals surface area contributed by atoms with E-state index < -0.39 is 23.3 Å². The van der Waals surface area contributed by atoms with Gasteiger partial charge < -0.3 is 0 Å². The second-order valence-corrected chi connectivity index (χ2v) is 8.31. The molecule has 3 aromatic rings. The lowest BCUT2D eigenvalue weighted by Crippen LogP contribution is -2.32. The molecule has 3 rings (SSSR count). The summed E-state index contributed by atoms with van der Waals surface area (Å²) in [6.07, 6.45) is 4.20. The minimum atomic E-state index is -1.83. The first-order valence-electron chi connectivity index (χ1n) is 10.9. The summed E-state index contributed by atoms with van der Waals surface area (Å²) in [5, 5.41) is 0. The Balaban J connectivity index is 2.23. The van der Waals surface area contributed by atoms with Crippen LogP contribution < -0.4 is 0 Å². The second-order valence-electron chi connectivity index (χ2n) is 8.31. The van der Waals surface area contributed by atoms with E-state index in [0.29, 0.717) is 16.7 Å². The van der Waals surface area contributed by atoms with E-state index in [9.17, 15) is 28.8 Å². The number of aryl methyl sites for hydroxylation is 3. The van der Waals surface area contributed by atoms with Gasteiger partial charge in [0.2, 0.25) is 18.2 Å². The Morgan fingerprint density at radius 1 is 0.514 bits per heavy atom. The number of isocyanates is 3. The molecule has 0 saturated carbocycles. The molecule has 0 aliphatic rings. The SMILES string of the molecule is Cc1cc(N=C=O)cc(C(=O)C(C(=O)c2cc(C)cc(N=C=O)c2)C(=O)c2cc(C)cc(N=C=O)c2)c1. The van der Waals surface area contributed by atoms with Gasteiger partial charge in [-0.2, -0.15) is 15.0 Å². The highest BCUT2D eigenvalue weighted by Gasteiger charge is 2.36. The van der Waals surface area contributed by atoms with Crippen molar-refractivity contribution in [3.63, 3.8) is 0 Å². The molecule has 0 bridgehead atoms. The van der Waals surface area contributed by atoms with Crippen LogP contribution in [0.3, 0.4) is 0 Å². The quantitative estimate of drug-likeness (QED) is 0.176. The van der Waals surface area contributed by atoms with Crippen molar-refractivity contribution >= 4 is 52.7 Å². The van der Waals surface area contributed by atoms with E-state index in [1.807, 2.05) is 0 Å². The number of carbonyl (C=O) groups is 3. The van der Waals surface area contributed by atoms with Crippen LogP contribution in [0, 0.1) is 26.7 Å². The van der Waals surface area contributed by atoms with Gasteiger partial charge in [0.15, 0.2) is 17.3 Å². The van der Waals surface area contributed by atoms with Crippen LogP contribution in [-0.4, -0.2) is 35.6 Å². The molecule has 0 N–H and O–H groups in total. The molecule has 0 amide bonds. The molecule has 37 heavy (non-hydrogen) atoms. The Kier molecular flexibility index (Phi) is 8.20. The van der Waals surface area contributed by atoms with Gasteiger partial charge in [0.05, 0.1) is 17.1 Å². The molecule has 0 aliphatic carbocycles. The molecular formula is C28H19N3O6. The standard InChI is InChI=1S/C28H19N3O6/c1-16-4-19(10-22(7-16)29-13-32)26(35)25(27(36)20-5-17(2)8-23(11-20)30-14-33)28(37)21-6-18(3)9-24(12-21)31-15-34/h4-12,25H,1-3H3. The molecule has 0 fully saturated rings. The van der Waals surface area contributed by atoms with Gasteiger partial charge >= 0.3 is 0 Å². The number of rotatable bonds is 9. The van der Waals surface area contributed by atoms with Crippen LogP contribution in [0.2, 0.25) is 0 Å². The van der Waals surface area contributed by atoms with Crippen LogP contribution in [0.4, 0.5) is 17.1 Å². The fraction of sp³-hybridized carbons (Fsp3) is 0.143. The van der Waals surface area contributed by atoms with Crippen molar-refractivity contribution < 1.29 is 28.8 Å². The van der Waals surface area contributed by atoms with E-state index in [1.54, 1.807) is 20.8 Å². The van der Waals surface area contributed by atoms with E-state index >= 15 is 0 Å². The highest BCUT2D eigenvalue weighted by Crippen LogP contribution is 2.28. The van der Waals surface area contributed by atoms with E-state index in [4.69, 9.17) is 0 Å². The first-order chi connectivity index (χ1) is 17.7. The van der Waals surface area contributed by atoms with Crippen molar-refractivity contribution in [1.29, 1.82) is 0 Å². The third-order valence-electron chi connectivity index (χ3n) is 5.35. The van der Waals surface area contributed by atoms with Crippen molar-refractivity contribution in [3.05, 3.63) is 88.0 Å². The minimum absolute atomic E-state index is 0.0155. The average Bonchev–Trinajstić information content (AvgIpc) is 2.83. The molecule has 0 heterocycles. The number of ketones is 3. The zero-order valence-electron chi connectivity index (χ0n) is 20.1. The Morgan fingerprint density at radius 3 is 1.03 bits per heavy atom. The van der Waals surface area contributed by atoms with E-state index in [2.05, 4.69) is 15.0 Å². The molecule has 0 atom stereocenters. The number of benzene rings is 3. The van der Waals surface area contributed by atoms with Crippen LogP contribution in [0.5, 0.6) is 0 Å². The van der Waals surface area contributed by atoms with Crippen molar-refractivity contribution in [2.24, 2.45) is 20.9 Å². The van der Waals surface area contributed by atoms with Crippen LogP contribution in [0.25, 0.3) is 0 Å². The maximum Gasteiger partial charge on any atom is 0.240 e. The van der Waals surface area contributed by atoms with Gasteiger partial charge in [-0.15, -0.1) is 0 Å². The van der Waals surface area contributed by atoms with Gasteiger partial charge in [0.1, 0.15) is 5.92 Å². The summed E-state index contributed by atoms with van der Waals surface area (Å²) in [4.78, 5) is 84.1. The first-order valence-corrected chi connectivity index (χ1v) is 10.9. The molecule has 0 radical (unpaired) electrons. The van der Waals surface area contributed by atoms with Crippen LogP contribution in [0.1, 0.15) is 47.8 Å². The van der Waals surface area contributed by atoms with Gasteiger partial charge in [-0.05, 0) is 92.1 Å². The zero-order valence-corrected chi connectivity index (χ0v) is 20.1. The molecule has 0 saturated heterocycles. The summed E-state index contributed by atoms with van der Waals surface area (Å²) >= 11 is 0. The number of hydrogen-bond acceptors (Lipinski definition) is 9. The molecule has 0 aromatic heterocycles. The van der Waals surface area contributed by atoms with Gasteiger partial charge in [0, 0.05) is 16.7 Å².